The van der Waals surface area contributed by atoms with Crippen molar-refractivity contribution in [1.82, 2.24) is 15.0 Å². The first kappa shape index (κ1) is 14.2. The highest BCUT2D eigenvalue weighted by Gasteiger charge is 2.08. The summed E-state index contributed by atoms with van der Waals surface area (Å²) < 4.78 is 1.86. The van der Waals surface area contributed by atoms with E-state index in [4.69, 9.17) is 5.26 Å². The van der Waals surface area contributed by atoms with Gasteiger partial charge in [-0.3, -0.25) is 0 Å². The maximum absolute atomic E-state index is 9.04. The molecule has 1 heterocycles. The molecule has 0 aliphatic heterocycles. The van der Waals surface area contributed by atoms with Gasteiger partial charge in [-0.25, -0.2) is 4.68 Å². The first-order valence-electron chi connectivity index (χ1n) is 7.70. The summed E-state index contributed by atoms with van der Waals surface area (Å²) in [5.74, 6) is 0. The molecule has 4 aromatic rings. The summed E-state index contributed by atoms with van der Waals surface area (Å²) in [5.41, 5.74) is 3.72. The maximum Gasteiger partial charge on any atom is 0.0991 e. The lowest BCUT2D eigenvalue weighted by atomic mass is 10.1. The molecule has 114 valence electrons. The molecule has 0 saturated carbocycles. The molecule has 0 aliphatic carbocycles. The zero-order chi connectivity index (χ0) is 16.4. The third kappa shape index (κ3) is 2.64. The van der Waals surface area contributed by atoms with Gasteiger partial charge in [0, 0.05) is 5.56 Å². The van der Waals surface area contributed by atoms with Crippen molar-refractivity contribution >= 4 is 10.8 Å². The van der Waals surface area contributed by atoms with Crippen LogP contribution in [0.5, 0.6) is 0 Å². The van der Waals surface area contributed by atoms with E-state index in [1.807, 2.05) is 35.0 Å². The van der Waals surface area contributed by atoms with E-state index in [0.29, 0.717) is 12.1 Å². The van der Waals surface area contributed by atoms with Crippen molar-refractivity contribution in [3.05, 3.63) is 84.1 Å². The Labute approximate surface area is 139 Å². The Kier molecular flexibility index (Phi) is 3.53. The molecule has 0 bridgehead atoms. The highest BCUT2D eigenvalue weighted by Crippen LogP contribution is 2.24. The van der Waals surface area contributed by atoms with Gasteiger partial charge in [-0.05, 0) is 34.5 Å². The summed E-state index contributed by atoms with van der Waals surface area (Å²) in [4.78, 5) is 0. The Morgan fingerprint density at radius 1 is 0.917 bits per heavy atom. The van der Waals surface area contributed by atoms with Crippen LogP contribution in [-0.2, 0) is 6.54 Å². The Bertz CT molecular complexity index is 1060. The van der Waals surface area contributed by atoms with Crippen LogP contribution in [0.3, 0.4) is 0 Å². The summed E-state index contributed by atoms with van der Waals surface area (Å²) in [6.07, 6.45) is 1.78. The van der Waals surface area contributed by atoms with E-state index >= 15 is 0 Å². The van der Waals surface area contributed by atoms with Crippen molar-refractivity contribution in [3.8, 4) is 17.3 Å². The van der Waals surface area contributed by atoms with Crippen LogP contribution in [0.2, 0.25) is 0 Å². The van der Waals surface area contributed by atoms with E-state index in [2.05, 4.69) is 46.7 Å². The van der Waals surface area contributed by atoms with Gasteiger partial charge in [0.25, 0.3) is 0 Å². The standard InChI is InChI=1S/C20H14N4/c21-12-15-4-3-5-16(10-15)14-24-20(13-22-23-24)19-9-8-17-6-1-2-7-18(17)11-19/h1-11,13H,14H2. The Hall–Kier alpha value is -3.45. The van der Waals surface area contributed by atoms with Gasteiger partial charge in [-0.1, -0.05) is 53.7 Å². The lowest BCUT2D eigenvalue weighted by Gasteiger charge is -2.08. The second-order valence-electron chi connectivity index (χ2n) is 5.65. The molecule has 4 heteroatoms. The fourth-order valence-corrected chi connectivity index (χ4v) is 2.86. The number of nitrogens with zero attached hydrogens (tertiary/aromatic N) is 4. The molecule has 0 spiro atoms. The second-order valence-corrected chi connectivity index (χ2v) is 5.65. The van der Waals surface area contributed by atoms with Crippen LogP contribution in [0.1, 0.15) is 11.1 Å². The minimum absolute atomic E-state index is 0.581. The quantitative estimate of drug-likeness (QED) is 0.574. The molecule has 0 atom stereocenters. The monoisotopic (exact) mass is 310 g/mol. The predicted octanol–water partition coefficient (Wildman–Crippen LogP) is 4.02. The van der Waals surface area contributed by atoms with Crippen molar-refractivity contribution in [1.29, 1.82) is 5.26 Å². The van der Waals surface area contributed by atoms with Crippen LogP contribution >= 0.6 is 0 Å². The number of hydrogen-bond acceptors (Lipinski definition) is 3. The minimum Gasteiger partial charge on any atom is -0.240 e. The molecule has 4 nitrogen and oxygen atoms in total. The fourth-order valence-electron chi connectivity index (χ4n) is 2.86. The minimum atomic E-state index is 0.581. The number of hydrogen-bond donors (Lipinski definition) is 0. The molecule has 0 aliphatic rings. The van der Waals surface area contributed by atoms with Gasteiger partial charge in [-0.15, -0.1) is 5.10 Å². The number of nitriles is 1. The Morgan fingerprint density at radius 2 is 1.79 bits per heavy atom. The number of benzene rings is 3. The van der Waals surface area contributed by atoms with Crippen molar-refractivity contribution < 1.29 is 0 Å². The molecule has 24 heavy (non-hydrogen) atoms. The SMILES string of the molecule is N#Cc1cccc(Cn2nncc2-c2ccc3ccccc3c2)c1. The molecule has 1 aromatic heterocycles. The molecule has 4 rings (SSSR count). The van der Waals surface area contributed by atoms with Gasteiger partial charge < -0.3 is 0 Å². The third-order valence-electron chi connectivity index (χ3n) is 4.05. The topological polar surface area (TPSA) is 54.5 Å². The van der Waals surface area contributed by atoms with Gasteiger partial charge >= 0.3 is 0 Å². The van der Waals surface area contributed by atoms with E-state index in [-0.39, 0.29) is 0 Å². The average molecular weight is 310 g/mol. The highest BCUT2D eigenvalue weighted by atomic mass is 15.4. The zero-order valence-electron chi connectivity index (χ0n) is 12.9. The van der Waals surface area contributed by atoms with Crippen molar-refractivity contribution in [3.63, 3.8) is 0 Å². The van der Waals surface area contributed by atoms with Gasteiger partial charge in [-0.2, -0.15) is 5.26 Å². The Balaban J connectivity index is 1.72. The van der Waals surface area contributed by atoms with Crippen LogP contribution < -0.4 is 0 Å². The fraction of sp³-hybridized carbons (Fsp3) is 0.0500. The molecular formula is C20H14N4. The van der Waals surface area contributed by atoms with Gasteiger partial charge in [0.15, 0.2) is 0 Å². The lowest BCUT2D eigenvalue weighted by Crippen LogP contribution is -2.04. The lowest BCUT2D eigenvalue weighted by molar-refractivity contribution is 0.655. The van der Waals surface area contributed by atoms with Crippen molar-refractivity contribution in [2.75, 3.05) is 0 Å². The third-order valence-corrected chi connectivity index (χ3v) is 4.05. The summed E-state index contributed by atoms with van der Waals surface area (Å²) in [7, 11) is 0. The van der Waals surface area contributed by atoms with Gasteiger partial charge in [0.05, 0.1) is 30.1 Å². The van der Waals surface area contributed by atoms with E-state index in [9.17, 15) is 0 Å². The molecule has 0 saturated heterocycles. The molecular weight excluding hydrogens is 296 g/mol. The van der Waals surface area contributed by atoms with Gasteiger partial charge in [0.1, 0.15) is 0 Å². The molecule has 0 fully saturated rings. The van der Waals surface area contributed by atoms with Crippen LogP contribution in [0, 0.1) is 11.3 Å². The molecule has 0 amide bonds. The normalized spacial score (nSPS) is 10.6. The second kappa shape index (κ2) is 5.98. The van der Waals surface area contributed by atoms with Crippen molar-refractivity contribution in [2.45, 2.75) is 6.54 Å². The van der Waals surface area contributed by atoms with Crippen LogP contribution in [0.15, 0.2) is 72.9 Å². The Morgan fingerprint density at radius 3 is 2.67 bits per heavy atom. The van der Waals surface area contributed by atoms with E-state index in [1.165, 1.54) is 10.8 Å². The highest BCUT2D eigenvalue weighted by molar-refractivity contribution is 5.86. The summed E-state index contributed by atoms with van der Waals surface area (Å²) >= 11 is 0. The number of aromatic nitrogens is 3. The molecule has 0 N–H and O–H groups in total. The summed E-state index contributed by atoms with van der Waals surface area (Å²) in [6.45, 7) is 0.581. The predicted molar refractivity (Wildman–Crippen MR) is 93.2 cm³/mol. The first-order chi connectivity index (χ1) is 11.8. The smallest absolute Gasteiger partial charge is 0.0991 e. The van der Waals surface area contributed by atoms with E-state index in [1.54, 1.807) is 12.3 Å². The van der Waals surface area contributed by atoms with E-state index < -0.39 is 0 Å². The summed E-state index contributed by atoms with van der Waals surface area (Å²) in [6, 6.07) is 24.4. The molecule has 0 unspecified atom stereocenters. The largest absolute Gasteiger partial charge is 0.240 e. The summed E-state index contributed by atoms with van der Waals surface area (Å²) in [5, 5.41) is 19.7. The van der Waals surface area contributed by atoms with Gasteiger partial charge in [0.2, 0.25) is 0 Å². The number of rotatable bonds is 3. The average Bonchev–Trinajstić information content (AvgIpc) is 3.09. The first-order valence-corrected chi connectivity index (χ1v) is 7.70. The van der Waals surface area contributed by atoms with Crippen LogP contribution in [0.4, 0.5) is 0 Å². The number of fused-ring (bicyclic) bond motifs is 1. The molecule has 0 radical (unpaired) electrons. The van der Waals surface area contributed by atoms with Crippen LogP contribution in [-0.4, -0.2) is 15.0 Å². The van der Waals surface area contributed by atoms with Crippen molar-refractivity contribution in [2.24, 2.45) is 0 Å². The maximum atomic E-state index is 9.04. The van der Waals surface area contributed by atoms with E-state index in [0.717, 1.165) is 16.8 Å². The molecule has 3 aromatic carbocycles. The zero-order valence-corrected chi connectivity index (χ0v) is 12.9. The van der Waals surface area contributed by atoms with Crippen LogP contribution in [0.25, 0.3) is 22.0 Å².